The normalized spacial score (nSPS) is 9.82. The fourth-order valence-electron chi connectivity index (χ4n) is 0.903. The van der Waals surface area contributed by atoms with Gasteiger partial charge in [0.05, 0.1) is 7.11 Å². The van der Waals surface area contributed by atoms with E-state index in [1.165, 1.54) is 14.7 Å². The summed E-state index contributed by atoms with van der Waals surface area (Å²) in [5, 5.41) is 0. The smallest absolute Gasteiger partial charge is 0.120 e. The summed E-state index contributed by atoms with van der Waals surface area (Å²) in [6, 6.07) is 4.10. The summed E-state index contributed by atoms with van der Waals surface area (Å²) in [6.07, 6.45) is 0. The Labute approximate surface area is 80.9 Å². The van der Waals surface area contributed by atoms with E-state index in [1.807, 2.05) is 6.07 Å². The van der Waals surface area contributed by atoms with Crippen LogP contribution in [-0.2, 0) is 0 Å². The Morgan fingerprint density at radius 3 is 2.36 bits per heavy atom. The van der Waals surface area contributed by atoms with Gasteiger partial charge < -0.3 is 4.74 Å². The highest BCUT2D eigenvalue weighted by atomic mass is 127. The average Bonchev–Trinajstić information content (AvgIpc) is 1.99. The minimum absolute atomic E-state index is 0.942. The monoisotopic (exact) mass is 262 g/mol. The highest BCUT2D eigenvalue weighted by Gasteiger charge is 2.00. The summed E-state index contributed by atoms with van der Waals surface area (Å²) in [5.41, 5.74) is 2.63. The summed E-state index contributed by atoms with van der Waals surface area (Å²) in [7, 11) is 1.69. The lowest BCUT2D eigenvalue weighted by atomic mass is 10.1. The second-order valence-corrected chi connectivity index (χ2v) is 3.71. The third-order valence-corrected chi connectivity index (χ3v) is 2.93. The molecule has 0 aromatic heterocycles. The van der Waals surface area contributed by atoms with Crippen LogP contribution in [0.25, 0.3) is 0 Å². The van der Waals surface area contributed by atoms with Gasteiger partial charge in [-0.05, 0) is 59.7 Å². The first-order chi connectivity index (χ1) is 5.15. The molecule has 0 amide bonds. The zero-order valence-corrected chi connectivity index (χ0v) is 9.10. The van der Waals surface area contributed by atoms with E-state index in [9.17, 15) is 0 Å². The van der Waals surface area contributed by atoms with Gasteiger partial charge in [0.25, 0.3) is 0 Å². The second-order valence-electron chi connectivity index (χ2n) is 2.55. The van der Waals surface area contributed by atoms with Crippen molar-refractivity contribution in [2.45, 2.75) is 13.8 Å². The van der Waals surface area contributed by atoms with Crippen LogP contribution >= 0.6 is 22.6 Å². The molecule has 60 valence electrons. The summed E-state index contributed by atoms with van der Waals surface area (Å²) in [6.45, 7) is 4.22. The lowest BCUT2D eigenvalue weighted by Gasteiger charge is -2.06. The maximum Gasteiger partial charge on any atom is 0.120 e. The van der Waals surface area contributed by atoms with E-state index in [0.717, 1.165) is 5.75 Å². The van der Waals surface area contributed by atoms with Crippen LogP contribution in [0.1, 0.15) is 11.1 Å². The van der Waals surface area contributed by atoms with E-state index < -0.39 is 0 Å². The predicted octanol–water partition coefficient (Wildman–Crippen LogP) is 2.92. The first-order valence-electron chi connectivity index (χ1n) is 3.46. The largest absolute Gasteiger partial charge is 0.497 e. The maximum absolute atomic E-state index is 5.13. The van der Waals surface area contributed by atoms with E-state index >= 15 is 0 Å². The van der Waals surface area contributed by atoms with Crippen LogP contribution in [0, 0.1) is 17.4 Å². The van der Waals surface area contributed by atoms with E-state index in [1.54, 1.807) is 7.11 Å². The Bertz CT molecular complexity index is 245. The Morgan fingerprint density at radius 1 is 1.27 bits per heavy atom. The minimum Gasteiger partial charge on any atom is -0.497 e. The Hall–Kier alpha value is -0.250. The molecule has 0 bridgehead atoms. The summed E-state index contributed by atoms with van der Waals surface area (Å²) in [5.74, 6) is 0.942. The lowest BCUT2D eigenvalue weighted by molar-refractivity contribution is 0.414. The van der Waals surface area contributed by atoms with Crippen molar-refractivity contribution in [3.05, 3.63) is 26.8 Å². The van der Waals surface area contributed by atoms with Crippen LogP contribution in [0.4, 0.5) is 0 Å². The molecule has 0 fully saturated rings. The molecule has 0 aliphatic carbocycles. The number of halogens is 1. The Balaban J connectivity index is 3.21. The van der Waals surface area contributed by atoms with E-state index in [2.05, 4.69) is 42.5 Å². The first-order valence-corrected chi connectivity index (χ1v) is 4.53. The molecule has 0 aliphatic rings. The molecule has 0 radical (unpaired) electrons. The van der Waals surface area contributed by atoms with Gasteiger partial charge in [0.1, 0.15) is 5.75 Å². The van der Waals surface area contributed by atoms with Crippen molar-refractivity contribution in [2.75, 3.05) is 7.11 Å². The molecule has 0 heterocycles. The molecule has 2 heteroatoms. The van der Waals surface area contributed by atoms with Crippen molar-refractivity contribution < 1.29 is 4.74 Å². The van der Waals surface area contributed by atoms with Gasteiger partial charge in [0.2, 0.25) is 0 Å². The SMILES string of the molecule is COc1cc(C)c(C)c(I)c1. The van der Waals surface area contributed by atoms with Crippen LogP contribution in [-0.4, -0.2) is 7.11 Å². The number of hydrogen-bond acceptors (Lipinski definition) is 1. The van der Waals surface area contributed by atoms with Crippen LogP contribution in [0.3, 0.4) is 0 Å². The van der Waals surface area contributed by atoms with Crippen LogP contribution in [0.15, 0.2) is 12.1 Å². The molecule has 0 unspecified atom stereocenters. The fraction of sp³-hybridized carbons (Fsp3) is 0.333. The van der Waals surface area contributed by atoms with Gasteiger partial charge >= 0.3 is 0 Å². The topological polar surface area (TPSA) is 9.23 Å². The second kappa shape index (κ2) is 3.43. The molecular weight excluding hydrogens is 251 g/mol. The van der Waals surface area contributed by atoms with Gasteiger partial charge in [-0.25, -0.2) is 0 Å². The molecule has 1 aromatic carbocycles. The third-order valence-electron chi connectivity index (χ3n) is 1.81. The zero-order valence-electron chi connectivity index (χ0n) is 6.94. The highest BCUT2D eigenvalue weighted by molar-refractivity contribution is 14.1. The molecular formula is C9H11IO. The highest BCUT2D eigenvalue weighted by Crippen LogP contribution is 2.22. The van der Waals surface area contributed by atoms with E-state index in [0.29, 0.717) is 0 Å². The number of ether oxygens (including phenoxy) is 1. The van der Waals surface area contributed by atoms with Gasteiger partial charge in [0, 0.05) is 3.57 Å². The number of benzene rings is 1. The Kier molecular flexibility index (Phi) is 2.76. The fourth-order valence-corrected chi connectivity index (χ4v) is 1.63. The van der Waals surface area contributed by atoms with E-state index in [4.69, 9.17) is 4.74 Å². The van der Waals surface area contributed by atoms with Gasteiger partial charge in [0.15, 0.2) is 0 Å². The molecule has 1 aromatic rings. The number of aryl methyl sites for hydroxylation is 1. The molecule has 1 rings (SSSR count). The van der Waals surface area contributed by atoms with Gasteiger partial charge in [-0.1, -0.05) is 0 Å². The predicted molar refractivity (Wildman–Crippen MR) is 55.2 cm³/mol. The molecule has 11 heavy (non-hydrogen) atoms. The number of rotatable bonds is 1. The molecule has 0 spiro atoms. The number of hydrogen-bond donors (Lipinski definition) is 0. The van der Waals surface area contributed by atoms with Crippen LogP contribution in [0.5, 0.6) is 5.75 Å². The summed E-state index contributed by atoms with van der Waals surface area (Å²) >= 11 is 2.32. The summed E-state index contributed by atoms with van der Waals surface area (Å²) < 4.78 is 6.39. The zero-order chi connectivity index (χ0) is 8.43. The summed E-state index contributed by atoms with van der Waals surface area (Å²) in [4.78, 5) is 0. The molecule has 1 nitrogen and oxygen atoms in total. The molecule has 0 saturated carbocycles. The molecule has 0 N–H and O–H groups in total. The van der Waals surface area contributed by atoms with Crippen molar-refractivity contribution in [3.8, 4) is 5.75 Å². The van der Waals surface area contributed by atoms with Crippen molar-refractivity contribution in [2.24, 2.45) is 0 Å². The standard InChI is InChI=1S/C9H11IO/c1-6-4-8(11-3)5-9(10)7(6)2/h4-5H,1-3H3. The minimum atomic E-state index is 0.942. The van der Waals surface area contributed by atoms with Gasteiger partial charge in [-0.15, -0.1) is 0 Å². The average molecular weight is 262 g/mol. The van der Waals surface area contributed by atoms with Crippen molar-refractivity contribution in [3.63, 3.8) is 0 Å². The van der Waals surface area contributed by atoms with Crippen LogP contribution in [0.2, 0.25) is 0 Å². The van der Waals surface area contributed by atoms with Gasteiger partial charge in [-0.2, -0.15) is 0 Å². The maximum atomic E-state index is 5.13. The van der Waals surface area contributed by atoms with Crippen LogP contribution < -0.4 is 4.74 Å². The first kappa shape index (κ1) is 8.84. The van der Waals surface area contributed by atoms with Crippen molar-refractivity contribution in [1.29, 1.82) is 0 Å². The van der Waals surface area contributed by atoms with Gasteiger partial charge in [-0.3, -0.25) is 0 Å². The third kappa shape index (κ3) is 1.86. The lowest BCUT2D eigenvalue weighted by Crippen LogP contribution is -1.89. The Morgan fingerprint density at radius 2 is 1.91 bits per heavy atom. The van der Waals surface area contributed by atoms with Crippen molar-refractivity contribution >= 4 is 22.6 Å². The number of methoxy groups -OCH3 is 1. The molecule has 0 aliphatic heterocycles. The van der Waals surface area contributed by atoms with Crippen molar-refractivity contribution in [1.82, 2.24) is 0 Å². The molecule has 0 saturated heterocycles. The van der Waals surface area contributed by atoms with E-state index in [-0.39, 0.29) is 0 Å². The quantitative estimate of drug-likeness (QED) is 0.707. The molecule has 0 atom stereocenters.